The van der Waals surface area contributed by atoms with E-state index in [-0.39, 0.29) is 0 Å². The zero-order valence-corrected chi connectivity index (χ0v) is 13.7. The molecule has 0 aromatic carbocycles. The van der Waals surface area contributed by atoms with Crippen LogP contribution in [0.2, 0.25) is 0 Å². The SMILES string of the molecule is CCC(CC)N(CC(C)C)c1ccc(CCl)c(C)n1. The summed E-state index contributed by atoms with van der Waals surface area (Å²) in [7, 11) is 0. The van der Waals surface area contributed by atoms with Crippen molar-refractivity contribution in [1.82, 2.24) is 4.98 Å². The lowest BCUT2D eigenvalue weighted by atomic mass is 10.1. The van der Waals surface area contributed by atoms with Crippen LogP contribution >= 0.6 is 11.6 Å². The fourth-order valence-electron chi connectivity index (χ4n) is 2.43. The third-order valence-corrected chi connectivity index (χ3v) is 3.85. The second kappa shape index (κ2) is 7.74. The van der Waals surface area contributed by atoms with Gasteiger partial charge in [-0.2, -0.15) is 0 Å². The zero-order chi connectivity index (χ0) is 14.4. The number of pyridine rings is 1. The molecule has 0 spiro atoms. The number of halogens is 1. The van der Waals surface area contributed by atoms with Crippen molar-refractivity contribution in [2.75, 3.05) is 11.4 Å². The van der Waals surface area contributed by atoms with Gasteiger partial charge in [0.2, 0.25) is 0 Å². The van der Waals surface area contributed by atoms with Gasteiger partial charge < -0.3 is 4.90 Å². The maximum absolute atomic E-state index is 5.91. The normalized spacial score (nSPS) is 11.4. The number of aromatic nitrogens is 1. The van der Waals surface area contributed by atoms with Crippen LogP contribution in [-0.2, 0) is 5.88 Å². The van der Waals surface area contributed by atoms with Gasteiger partial charge >= 0.3 is 0 Å². The summed E-state index contributed by atoms with van der Waals surface area (Å²) in [4.78, 5) is 7.21. The summed E-state index contributed by atoms with van der Waals surface area (Å²) in [5.41, 5.74) is 2.17. The Bertz CT molecular complexity index is 386. The van der Waals surface area contributed by atoms with Gasteiger partial charge in [-0.1, -0.05) is 33.8 Å². The average Bonchev–Trinajstić information content (AvgIpc) is 2.38. The standard InChI is InChI=1S/C16H27ClN2/c1-6-15(7-2)19(11-12(3)4)16-9-8-14(10-17)13(5)18-16/h8-9,12,15H,6-7,10-11H2,1-5H3. The minimum absolute atomic E-state index is 0.536. The van der Waals surface area contributed by atoms with Crippen LogP contribution in [-0.4, -0.2) is 17.6 Å². The molecule has 0 aliphatic heterocycles. The highest BCUT2D eigenvalue weighted by Gasteiger charge is 2.18. The first-order chi connectivity index (χ1) is 9.03. The molecule has 0 saturated heterocycles. The Labute approximate surface area is 123 Å². The Balaban J connectivity index is 3.05. The Morgan fingerprint density at radius 3 is 2.26 bits per heavy atom. The van der Waals surface area contributed by atoms with Gasteiger partial charge in [0.15, 0.2) is 0 Å². The molecule has 108 valence electrons. The van der Waals surface area contributed by atoms with Crippen molar-refractivity contribution in [3.05, 3.63) is 23.4 Å². The predicted molar refractivity (Wildman–Crippen MR) is 85.1 cm³/mol. The van der Waals surface area contributed by atoms with Gasteiger partial charge in [0.05, 0.1) is 0 Å². The van der Waals surface area contributed by atoms with Crippen molar-refractivity contribution in [1.29, 1.82) is 0 Å². The van der Waals surface area contributed by atoms with E-state index in [0.29, 0.717) is 17.8 Å². The first-order valence-electron chi connectivity index (χ1n) is 7.32. The largest absolute Gasteiger partial charge is 0.353 e. The third kappa shape index (κ3) is 4.38. The quantitative estimate of drug-likeness (QED) is 0.669. The molecule has 0 aliphatic rings. The van der Waals surface area contributed by atoms with E-state index in [0.717, 1.165) is 36.5 Å². The lowest BCUT2D eigenvalue weighted by molar-refractivity contribution is 0.503. The van der Waals surface area contributed by atoms with E-state index in [1.807, 2.05) is 6.92 Å². The van der Waals surface area contributed by atoms with Crippen LogP contribution < -0.4 is 4.90 Å². The van der Waals surface area contributed by atoms with E-state index in [1.165, 1.54) is 0 Å². The molecule has 0 saturated carbocycles. The minimum Gasteiger partial charge on any atom is -0.353 e. The van der Waals surface area contributed by atoms with Crippen LogP contribution in [0.4, 0.5) is 5.82 Å². The van der Waals surface area contributed by atoms with Crippen LogP contribution in [0.5, 0.6) is 0 Å². The molecule has 0 amide bonds. The van der Waals surface area contributed by atoms with Gasteiger partial charge in [0.1, 0.15) is 5.82 Å². The van der Waals surface area contributed by atoms with Crippen LogP contribution in [0.3, 0.4) is 0 Å². The molecule has 0 aliphatic carbocycles. The van der Waals surface area contributed by atoms with Crippen LogP contribution in [0, 0.1) is 12.8 Å². The highest BCUT2D eigenvalue weighted by Crippen LogP contribution is 2.22. The van der Waals surface area contributed by atoms with Gasteiger partial charge in [-0.05, 0) is 37.3 Å². The molecule has 1 rings (SSSR count). The van der Waals surface area contributed by atoms with Crippen molar-refractivity contribution >= 4 is 17.4 Å². The molecule has 0 unspecified atom stereocenters. The maximum Gasteiger partial charge on any atom is 0.129 e. The summed E-state index contributed by atoms with van der Waals surface area (Å²) in [6, 6.07) is 4.79. The smallest absolute Gasteiger partial charge is 0.129 e. The highest BCUT2D eigenvalue weighted by molar-refractivity contribution is 6.17. The van der Waals surface area contributed by atoms with E-state index in [4.69, 9.17) is 16.6 Å². The minimum atomic E-state index is 0.536. The predicted octanol–water partition coefficient (Wildman–Crippen LogP) is 4.78. The first kappa shape index (κ1) is 16.3. The van der Waals surface area contributed by atoms with E-state index in [9.17, 15) is 0 Å². The van der Waals surface area contributed by atoms with Gasteiger partial charge in [-0.25, -0.2) is 4.98 Å². The van der Waals surface area contributed by atoms with Crippen LogP contribution in [0.1, 0.15) is 51.8 Å². The van der Waals surface area contributed by atoms with Crippen LogP contribution in [0.15, 0.2) is 12.1 Å². The molecule has 1 heterocycles. The fraction of sp³-hybridized carbons (Fsp3) is 0.688. The maximum atomic E-state index is 5.91. The number of hydrogen-bond donors (Lipinski definition) is 0. The zero-order valence-electron chi connectivity index (χ0n) is 12.9. The molecule has 2 nitrogen and oxygen atoms in total. The van der Waals surface area contributed by atoms with Crippen LogP contribution in [0.25, 0.3) is 0 Å². The molecule has 0 fully saturated rings. The lowest BCUT2D eigenvalue weighted by Gasteiger charge is -2.33. The molecule has 0 radical (unpaired) electrons. The number of anilines is 1. The molecule has 0 bridgehead atoms. The van der Waals surface area contributed by atoms with Crippen molar-refractivity contribution in [3.63, 3.8) is 0 Å². The summed E-state index contributed by atoms with van der Waals surface area (Å²) >= 11 is 5.91. The Morgan fingerprint density at radius 1 is 1.21 bits per heavy atom. The Kier molecular flexibility index (Phi) is 6.64. The van der Waals surface area contributed by atoms with Gasteiger partial charge in [0, 0.05) is 24.2 Å². The number of rotatable bonds is 7. The van der Waals surface area contributed by atoms with E-state index < -0.39 is 0 Å². The number of alkyl halides is 1. The number of hydrogen-bond acceptors (Lipinski definition) is 2. The van der Waals surface area contributed by atoms with Gasteiger partial charge in [0.25, 0.3) is 0 Å². The highest BCUT2D eigenvalue weighted by atomic mass is 35.5. The van der Waals surface area contributed by atoms with Crippen molar-refractivity contribution in [2.24, 2.45) is 5.92 Å². The number of nitrogens with zero attached hydrogens (tertiary/aromatic N) is 2. The molecule has 1 aromatic heterocycles. The second-order valence-electron chi connectivity index (χ2n) is 5.56. The second-order valence-corrected chi connectivity index (χ2v) is 5.83. The Hall–Kier alpha value is -0.760. The summed E-state index contributed by atoms with van der Waals surface area (Å²) in [6.45, 7) is 12.1. The summed E-state index contributed by atoms with van der Waals surface area (Å²) in [5, 5.41) is 0. The molecule has 0 atom stereocenters. The van der Waals surface area contributed by atoms with Crippen molar-refractivity contribution in [2.45, 2.75) is 59.4 Å². The van der Waals surface area contributed by atoms with E-state index in [1.54, 1.807) is 0 Å². The Morgan fingerprint density at radius 2 is 1.84 bits per heavy atom. The molecule has 0 N–H and O–H groups in total. The number of aryl methyl sites for hydroxylation is 1. The summed E-state index contributed by atoms with van der Waals surface area (Å²) in [5.74, 6) is 2.26. The van der Waals surface area contributed by atoms with E-state index in [2.05, 4.69) is 44.7 Å². The first-order valence-corrected chi connectivity index (χ1v) is 7.85. The van der Waals surface area contributed by atoms with Crippen molar-refractivity contribution in [3.8, 4) is 0 Å². The van der Waals surface area contributed by atoms with Gasteiger partial charge in [-0.3, -0.25) is 0 Å². The average molecular weight is 283 g/mol. The fourth-order valence-corrected chi connectivity index (χ4v) is 2.71. The van der Waals surface area contributed by atoms with E-state index >= 15 is 0 Å². The third-order valence-electron chi connectivity index (χ3n) is 3.56. The molecule has 1 aromatic rings. The topological polar surface area (TPSA) is 16.1 Å². The van der Waals surface area contributed by atoms with Gasteiger partial charge in [-0.15, -0.1) is 11.6 Å². The molecule has 3 heteroatoms. The molecule has 19 heavy (non-hydrogen) atoms. The monoisotopic (exact) mass is 282 g/mol. The summed E-state index contributed by atoms with van der Waals surface area (Å²) < 4.78 is 0. The molecular weight excluding hydrogens is 256 g/mol. The molecular formula is C16H27ClN2. The summed E-state index contributed by atoms with van der Waals surface area (Å²) in [6.07, 6.45) is 2.31. The lowest BCUT2D eigenvalue weighted by Crippen LogP contribution is -2.38. The van der Waals surface area contributed by atoms with Crippen molar-refractivity contribution < 1.29 is 0 Å².